The Balaban J connectivity index is 2.31. The van der Waals surface area contributed by atoms with E-state index in [9.17, 15) is 10.2 Å². The van der Waals surface area contributed by atoms with Crippen molar-refractivity contribution in [2.24, 2.45) is 0 Å². The van der Waals surface area contributed by atoms with Crippen molar-refractivity contribution in [3.63, 3.8) is 0 Å². The molecule has 82 valence electrons. The summed E-state index contributed by atoms with van der Waals surface area (Å²) in [6.45, 7) is 1.88. The van der Waals surface area contributed by atoms with Crippen LogP contribution in [0.4, 0.5) is 0 Å². The fourth-order valence-electron chi connectivity index (χ4n) is 1.38. The molecule has 0 heterocycles. The second kappa shape index (κ2) is 4.14. The summed E-state index contributed by atoms with van der Waals surface area (Å²) in [5.74, 6) is 0.750. The lowest BCUT2D eigenvalue weighted by Gasteiger charge is -2.09. The maximum Gasteiger partial charge on any atom is 0.169 e. The normalized spacial score (nSPS) is 10.1. The molecule has 0 bridgehead atoms. The average Bonchev–Trinajstić information content (AvgIpc) is 2.25. The van der Waals surface area contributed by atoms with E-state index in [1.54, 1.807) is 30.3 Å². The van der Waals surface area contributed by atoms with Crippen LogP contribution in [0.15, 0.2) is 42.5 Å². The number of phenolic OH excluding ortho intramolecular Hbond substituents is 2. The minimum atomic E-state index is 0.0440. The third-order valence-corrected chi connectivity index (χ3v) is 2.20. The number of aromatic hydroxyl groups is 2. The molecule has 2 aromatic rings. The molecule has 0 aliphatic rings. The monoisotopic (exact) mass is 216 g/mol. The Hall–Kier alpha value is -2.16. The molecule has 0 aliphatic carbocycles. The maximum absolute atomic E-state index is 9.64. The van der Waals surface area contributed by atoms with Crippen molar-refractivity contribution < 1.29 is 14.9 Å². The molecule has 2 aromatic carbocycles. The Morgan fingerprint density at radius 1 is 0.875 bits per heavy atom. The lowest BCUT2D eigenvalue weighted by molar-refractivity contribution is 0.385. The van der Waals surface area contributed by atoms with Gasteiger partial charge in [0.2, 0.25) is 0 Å². The van der Waals surface area contributed by atoms with Crippen molar-refractivity contribution in [3.05, 3.63) is 48.0 Å². The molecule has 0 aromatic heterocycles. The second-order valence-electron chi connectivity index (χ2n) is 3.54. The second-order valence-corrected chi connectivity index (χ2v) is 3.54. The first-order chi connectivity index (χ1) is 7.66. The van der Waals surface area contributed by atoms with Crippen molar-refractivity contribution in [3.8, 4) is 23.0 Å². The molecule has 2 rings (SSSR count). The van der Waals surface area contributed by atoms with Gasteiger partial charge in [-0.3, -0.25) is 0 Å². The molecule has 0 atom stereocenters. The zero-order valence-electron chi connectivity index (χ0n) is 8.84. The highest BCUT2D eigenvalue weighted by Crippen LogP contribution is 2.35. The van der Waals surface area contributed by atoms with Crippen molar-refractivity contribution in [2.75, 3.05) is 0 Å². The predicted molar refractivity (Wildman–Crippen MR) is 61.0 cm³/mol. The van der Waals surface area contributed by atoms with E-state index in [1.807, 2.05) is 13.0 Å². The van der Waals surface area contributed by atoms with Gasteiger partial charge in [0.15, 0.2) is 23.0 Å². The first-order valence-corrected chi connectivity index (χ1v) is 4.92. The minimum absolute atomic E-state index is 0.0440. The number of hydrogen-bond donors (Lipinski definition) is 2. The first kappa shape index (κ1) is 10.4. The molecule has 0 radical (unpaired) electrons. The van der Waals surface area contributed by atoms with Crippen LogP contribution in [0.3, 0.4) is 0 Å². The Labute approximate surface area is 93.6 Å². The van der Waals surface area contributed by atoms with Crippen LogP contribution in [-0.2, 0) is 0 Å². The van der Waals surface area contributed by atoms with Gasteiger partial charge < -0.3 is 14.9 Å². The molecule has 0 saturated carbocycles. The summed E-state index contributed by atoms with van der Waals surface area (Å²) in [5, 5.41) is 19.1. The molecule has 3 heteroatoms. The highest BCUT2D eigenvalue weighted by Gasteiger charge is 2.06. The number of aryl methyl sites for hydroxylation is 1. The van der Waals surface area contributed by atoms with Crippen LogP contribution >= 0.6 is 0 Å². The highest BCUT2D eigenvalue weighted by molar-refractivity contribution is 5.47. The molecular weight excluding hydrogens is 204 g/mol. The van der Waals surface area contributed by atoms with Gasteiger partial charge in [-0.05, 0) is 36.8 Å². The van der Waals surface area contributed by atoms with Crippen LogP contribution in [0.25, 0.3) is 0 Å². The van der Waals surface area contributed by atoms with E-state index in [0.29, 0.717) is 11.5 Å². The van der Waals surface area contributed by atoms with Crippen LogP contribution in [-0.4, -0.2) is 10.2 Å². The van der Waals surface area contributed by atoms with Crippen molar-refractivity contribution in [2.45, 2.75) is 6.92 Å². The fraction of sp³-hybridized carbons (Fsp3) is 0.0769. The van der Waals surface area contributed by atoms with Gasteiger partial charge in [0.05, 0.1) is 0 Å². The Bertz CT molecular complexity index is 506. The molecule has 2 N–H and O–H groups in total. The summed E-state index contributed by atoms with van der Waals surface area (Å²) in [6.07, 6.45) is 0. The van der Waals surface area contributed by atoms with Gasteiger partial charge in [-0.1, -0.05) is 18.2 Å². The zero-order valence-corrected chi connectivity index (χ0v) is 8.84. The van der Waals surface area contributed by atoms with Gasteiger partial charge in [-0.2, -0.15) is 0 Å². The van der Waals surface area contributed by atoms with Crippen LogP contribution in [0, 0.1) is 6.92 Å². The maximum atomic E-state index is 9.64. The van der Waals surface area contributed by atoms with Gasteiger partial charge in [0.25, 0.3) is 0 Å². The fourth-order valence-corrected chi connectivity index (χ4v) is 1.38. The third-order valence-electron chi connectivity index (χ3n) is 2.20. The molecular formula is C13H12O3. The van der Waals surface area contributed by atoms with Crippen molar-refractivity contribution >= 4 is 0 Å². The molecule has 0 saturated heterocycles. The number of phenols is 2. The SMILES string of the molecule is Cc1ccc(Oc2ccccc2O)c(O)c1. The van der Waals surface area contributed by atoms with Crippen LogP contribution in [0.2, 0.25) is 0 Å². The Morgan fingerprint density at radius 3 is 2.25 bits per heavy atom. The highest BCUT2D eigenvalue weighted by atomic mass is 16.5. The molecule has 3 nitrogen and oxygen atoms in total. The summed E-state index contributed by atoms with van der Waals surface area (Å²) in [7, 11) is 0. The lowest BCUT2D eigenvalue weighted by atomic mass is 10.2. The van der Waals surface area contributed by atoms with Crippen molar-refractivity contribution in [1.82, 2.24) is 0 Å². The van der Waals surface area contributed by atoms with Gasteiger partial charge >= 0.3 is 0 Å². The van der Waals surface area contributed by atoms with Crippen molar-refractivity contribution in [1.29, 1.82) is 0 Å². The van der Waals surface area contributed by atoms with E-state index >= 15 is 0 Å². The van der Waals surface area contributed by atoms with E-state index < -0.39 is 0 Å². The topological polar surface area (TPSA) is 49.7 Å². The van der Waals surface area contributed by atoms with Crippen LogP contribution < -0.4 is 4.74 Å². The Kier molecular flexibility index (Phi) is 2.68. The summed E-state index contributed by atoms with van der Waals surface area (Å²) in [4.78, 5) is 0. The number of ether oxygens (including phenoxy) is 1. The minimum Gasteiger partial charge on any atom is -0.504 e. The third kappa shape index (κ3) is 2.08. The van der Waals surface area contributed by atoms with E-state index in [0.717, 1.165) is 5.56 Å². The molecule has 0 aliphatic heterocycles. The van der Waals surface area contributed by atoms with E-state index in [2.05, 4.69) is 0 Å². The summed E-state index contributed by atoms with van der Waals surface area (Å²) in [6, 6.07) is 11.7. The van der Waals surface area contributed by atoms with Crippen LogP contribution in [0.1, 0.15) is 5.56 Å². The zero-order chi connectivity index (χ0) is 11.5. The van der Waals surface area contributed by atoms with E-state index in [4.69, 9.17) is 4.74 Å². The molecule has 0 fully saturated rings. The van der Waals surface area contributed by atoms with Gasteiger partial charge in [0.1, 0.15) is 0 Å². The van der Waals surface area contributed by atoms with Crippen LogP contribution in [0.5, 0.6) is 23.0 Å². The average molecular weight is 216 g/mol. The number of benzene rings is 2. The number of para-hydroxylation sites is 2. The smallest absolute Gasteiger partial charge is 0.169 e. The predicted octanol–water partition coefficient (Wildman–Crippen LogP) is 3.20. The quantitative estimate of drug-likeness (QED) is 0.810. The largest absolute Gasteiger partial charge is 0.504 e. The van der Waals surface area contributed by atoms with Gasteiger partial charge in [-0.25, -0.2) is 0 Å². The summed E-state index contributed by atoms with van der Waals surface area (Å²) >= 11 is 0. The first-order valence-electron chi connectivity index (χ1n) is 4.92. The molecule has 0 amide bonds. The van der Waals surface area contributed by atoms with E-state index in [-0.39, 0.29) is 11.5 Å². The summed E-state index contributed by atoms with van der Waals surface area (Å²) < 4.78 is 5.39. The molecule has 0 unspecified atom stereocenters. The molecule has 0 spiro atoms. The Morgan fingerprint density at radius 2 is 1.56 bits per heavy atom. The summed E-state index contributed by atoms with van der Waals surface area (Å²) in [5.41, 5.74) is 0.946. The van der Waals surface area contributed by atoms with Gasteiger partial charge in [0, 0.05) is 0 Å². The number of rotatable bonds is 2. The number of hydrogen-bond acceptors (Lipinski definition) is 3. The van der Waals surface area contributed by atoms with E-state index in [1.165, 1.54) is 6.07 Å². The lowest BCUT2D eigenvalue weighted by Crippen LogP contribution is -1.85. The molecule has 16 heavy (non-hydrogen) atoms. The standard InChI is InChI=1S/C13H12O3/c1-9-6-7-13(11(15)8-9)16-12-5-3-2-4-10(12)14/h2-8,14-15H,1H3. The van der Waals surface area contributed by atoms with Gasteiger partial charge in [-0.15, -0.1) is 0 Å².